The van der Waals surface area contributed by atoms with E-state index in [9.17, 15) is 13.2 Å². The minimum absolute atomic E-state index is 0.0846. The Morgan fingerprint density at radius 1 is 1.04 bits per heavy atom. The van der Waals surface area contributed by atoms with Crippen molar-refractivity contribution in [3.63, 3.8) is 0 Å². The molecular formula is C18H10ClF3N4. The molecule has 0 aliphatic carbocycles. The normalized spacial score (nSPS) is 11.8. The van der Waals surface area contributed by atoms with E-state index in [-0.39, 0.29) is 22.6 Å². The summed E-state index contributed by atoms with van der Waals surface area (Å²) in [5.74, 6) is 0.0992. The Labute approximate surface area is 150 Å². The number of pyridine rings is 2. The first kappa shape index (κ1) is 16.5. The third-order valence-electron chi connectivity index (χ3n) is 3.87. The molecule has 3 heterocycles. The van der Waals surface area contributed by atoms with E-state index in [1.165, 1.54) is 30.7 Å². The summed E-state index contributed by atoms with van der Waals surface area (Å²) in [5, 5.41) is 0.467. The summed E-state index contributed by atoms with van der Waals surface area (Å²) >= 11 is 5.94. The number of rotatable bonds is 2. The standard InChI is InChI=1S/C18H10ClF3N4/c19-11-3-4-13-14(8-11)26-17(25-13)12-5-7-24-16(15(12)18(20,21)22)10-2-1-6-23-9-10/h1-9H,(H,25,26). The molecule has 4 aromatic rings. The van der Waals surface area contributed by atoms with Gasteiger partial charge in [-0.2, -0.15) is 13.2 Å². The van der Waals surface area contributed by atoms with Gasteiger partial charge in [-0.15, -0.1) is 0 Å². The van der Waals surface area contributed by atoms with Crippen LogP contribution in [0.5, 0.6) is 0 Å². The second-order valence-corrected chi connectivity index (χ2v) is 6.00. The Morgan fingerprint density at radius 2 is 1.88 bits per heavy atom. The highest BCUT2D eigenvalue weighted by molar-refractivity contribution is 6.31. The van der Waals surface area contributed by atoms with Crippen LogP contribution >= 0.6 is 11.6 Å². The summed E-state index contributed by atoms with van der Waals surface area (Å²) in [6, 6.07) is 9.28. The van der Waals surface area contributed by atoms with Gasteiger partial charge >= 0.3 is 6.18 Å². The fourth-order valence-electron chi connectivity index (χ4n) is 2.78. The number of nitrogens with zero attached hydrogens (tertiary/aromatic N) is 3. The Hall–Kier alpha value is -2.93. The maximum atomic E-state index is 13.9. The van der Waals surface area contributed by atoms with Crippen LogP contribution in [0, 0.1) is 0 Å². The van der Waals surface area contributed by atoms with Crippen LogP contribution in [0.25, 0.3) is 33.7 Å². The molecule has 4 rings (SSSR count). The highest BCUT2D eigenvalue weighted by Gasteiger charge is 2.38. The van der Waals surface area contributed by atoms with E-state index in [1.807, 2.05) is 0 Å². The van der Waals surface area contributed by atoms with Gasteiger partial charge in [0.2, 0.25) is 0 Å². The molecule has 0 aliphatic rings. The molecule has 0 radical (unpaired) electrons. The summed E-state index contributed by atoms with van der Waals surface area (Å²) in [6.45, 7) is 0. The lowest BCUT2D eigenvalue weighted by Gasteiger charge is -2.15. The summed E-state index contributed by atoms with van der Waals surface area (Å²) in [7, 11) is 0. The van der Waals surface area contributed by atoms with E-state index in [0.29, 0.717) is 16.1 Å². The minimum atomic E-state index is -4.62. The average Bonchev–Trinajstić information content (AvgIpc) is 3.04. The van der Waals surface area contributed by atoms with Crippen molar-refractivity contribution in [2.24, 2.45) is 0 Å². The molecule has 3 aromatic heterocycles. The van der Waals surface area contributed by atoms with Gasteiger partial charge < -0.3 is 4.98 Å². The maximum absolute atomic E-state index is 13.9. The van der Waals surface area contributed by atoms with Crippen LogP contribution in [0.15, 0.2) is 55.0 Å². The molecule has 0 bridgehead atoms. The Kier molecular flexibility index (Phi) is 3.88. The molecule has 0 saturated carbocycles. The molecule has 0 amide bonds. The van der Waals surface area contributed by atoms with Crippen LogP contribution in [-0.4, -0.2) is 19.9 Å². The fourth-order valence-corrected chi connectivity index (χ4v) is 2.95. The van der Waals surface area contributed by atoms with Crippen molar-refractivity contribution in [1.29, 1.82) is 0 Å². The quantitative estimate of drug-likeness (QED) is 0.514. The zero-order valence-electron chi connectivity index (χ0n) is 13.0. The summed E-state index contributed by atoms with van der Waals surface area (Å²) < 4.78 is 41.6. The van der Waals surface area contributed by atoms with E-state index in [0.717, 1.165) is 0 Å². The number of alkyl halides is 3. The van der Waals surface area contributed by atoms with Gasteiger partial charge in [-0.25, -0.2) is 4.98 Å². The van der Waals surface area contributed by atoms with Crippen molar-refractivity contribution in [3.05, 3.63) is 65.6 Å². The second kappa shape index (κ2) is 6.10. The van der Waals surface area contributed by atoms with E-state index in [1.54, 1.807) is 24.3 Å². The number of benzene rings is 1. The number of halogens is 4. The zero-order chi connectivity index (χ0) is 18.3. The van der Waals surface area contributed by atoms with Crippen molar-refractivity contribution < 1.29 is 13.2 Å². The molecule has 0 atom stereocenters. The van der Waals surface area contributed by atoms with Gasteiger partial charge in [-0.05, 0) is 36.4 Å². The number of aromatic nitrogens is 4. The fraction of sp³-hybridized carbons (Fsp3) is 0.0556. The van der Waals surface area contributed by atoms with Crippen LogP contribution < -0.4 is 0 Å². The molecule has 26 heavy (non-hydrogen) atoms. The van der Waals surface area contributed by atoms with Crippen LogP contribution in [0.4, 0.5) is 13.2 Å². The molecule has 8 heteroatoms. The SMILES string of the molecule is FC(F)(F)c1c(-c2nc3ccc(Cl)cc3[nH]2)ccnc1-c1cccnc1. The minimum Gasteiger partial charge on any atom is -0.338 e. The molecular weight excluding hydrogens is 365 g/mol. The van der Waals surface area contributed by atoms with Crippen LogP contribution in [0.1, 0.15) is 5.56 Å². The first-order chi connectivity index (χ1) is 12.4. The molecule has 0 spiro atoms. The van der Waals surface area contributed by atoms with E-state index >= 15 is 0 Å². The van der Waals surface area contributed by atoms with Crippen molar-refractivity contribution in [1.82, 2.24) is 19.9 Å². The van der Waals surface area contributed by atoms with Gasteiger partial charge in [-0.3, -0.25) is 9.97 Å². The third kappa shape index (κ3) is 2.90. The van der Waals surface area contributed by atoms with Gasteiger partial charge in [0, 0.05) is 34.7 Å². The molecule has 1 aromatic carbocycles. The largest absolute Gasteiger partial charge is 0.419 e. The third-order valence-corrected chi connectivity index (χ3v) is 4.10. The summed E-state index contributed by atoms with van der Waals surface area (Å²) in [6.07, 6.45) is -0.457. The number of aromatic amines is 1. The van der Waals surface area contributed by atoms with E-state index in [4.69, 9.17) is 11.6 Å². The van der Waals surface area contributed by atoms with Gasteiger partial charge in [0.05, 0.1) is 22.3 Å². The number of fused-ring (bicyclic) bond motifs is 1. The van der Waals surface area contributed by atoms with Crippen molar-refractivity contribution in [2.75, 3.05) is 0 Å². The number of hydrogen-bond donors (Lipinski definition) is 1. The molecule has 0 saturated heterocycles. The lowest BCUT2D eigenvalue weighted by atomic mass is 10.0. The van der Waals surface area contributed by atoms with Crippen molar-refractivity contribution in [3.8, 4) is 22.6 Å². The van der Waals surface area contributed by atoms with Crippen LogP contribution in [-0.2, 0) is 6.18 Å². The van der Waals surface area contributed by atoms with E-state index in [2.05, 4.69) is 19.9 Å². The zero-order valence-corrected chi connectivity index (χ0v) is 13.8. The Morgan fingerprint density at radius 3 is 2.62 bits per heavy atom. The highest BCUT2D eigenvalue weighted by atomic mass is 35.5. The number of imidazole rings is 1. The summed E-state index contributed by atoms with van der Waals surface area (Å²) in [5.41, 5.74) is 0.219. The molecule has 0 unspecified atom stereocenters. The highest BCUT2D eigenvalue weighted by Crippen LogP contribution is 2.41. The van der Waals surface area contributed by atoms with Gasteiger partial charge in [-0.1, -0.05) is 11.6 Å². The van der Waals surface area contributed by atoms with Crippen molar-refractivity contribution >= 4 is 22.6 Å². The predicted octanol–water partition coefficient (Wildman–Crippen LogP) is 5.36. The molecule has 0 aliphatic heterocycles. The first-order valence-corrected chi connectivity index (χ1v) is 7.93. The number of hydrogen-bond acceptors (Lipinski definition) is 3. The first-order valence-electron chi connectivity index (χ1n) is 7.56. The lowest BCUT2D eigenvalue weighted by molar-refractivity contribution is -0.136. The summed E-state index contributed by atoms with van der Waals surface area (Å²) in [4.78, 5) is 15.0. The van der Waals surface area contributed by atoms with Gasteiger partial charge in [0.1, 0.15) is 5.82 Å². The maximum Gasteiger partial charge on any atom is 0.419 e. The molecule has 4 nitrogen and oxygen atoms in total. The average molecular weight is 375 g/mol. The monoisotopic (exact) mass is 374 g/mol. The number of nitrogens with one attached hydrogen (secondary N) is 1. The van der Waals surface area contributed by atoms with Crippen LogP contribution in [0.3, 0.4) is 0 Å². The molecule has 0 fully saturated rings. The predicted molar refractivity (Wildman–Crippen MR) is 92.6 cm³/mol. The Balaban J connectivity index is 1.98. The smallest absolute Gasteiger partial charge is 0.338 e. The topological polar surface area (TPSA) is 54.5 Å². The Bertz CT molecular complexity index is 1090. The number of H-pyrrole nitrogens is 1. The van der Waals surface area contributed by atoms with Crippen molar-refractivity contribution in [2.45, 2.75) is 6.18 Å². The lowest BCUT2D eigenvalue weighted by Crippen LogP contribution is -2.11. The van der Waals surface area contributed by atoms with E-state index < -0.39 is 11.7 Å². The van der Waals surface area contributed by atoms with Crippen LogP contribution in [0.2, 0.25) is 5.02 Å². The molecule has 130 valence electrons. The van der Waals surface area contributed by atoms with Gasteiger partial charge in [0.15, 0.2) is 0 Å². The molecule has 1 N–H and O–H groups in total. The van der Waals surface area contributed by atoms with Gasteiger partial charge in [0.25, 0.3) is 0 Å². The second-order valence-electron chi connectivity index (χ2n) is 5.57.